The number of hydrogen-bond acceptors (Lipinski definition) is 3. The first-order valence-corrected chi connectivity index (χ1v) is 10.2. The van der Waals surface area contributed by atoms with Gasteiger partial charge < -0.3 is 8.83 Å². The highest BCUT2D eigenvalue weighted by Crippen LogP contribution is 2.24. The molecule has 0 aromatic carbocycles. The van der Waals surface area contributed by atoms with Gasteiger partial charge in [0, 0.05) is 37.5 Å². The molecule has 0 saturated carbocycles. The second-order valence-corrected chi connectivity index (χ2v) is 7.35. The molecule has 0 spiro atoms. The molecule has 2 unspecified atom stereocenters. The third kappa shape index (κ3) is 4.69. The van der Waals surface area contributed by atoms with Crippen LogP contribution in [-0.2, 0) is 43.3 Å². The number of hydrogen-bond donors (Lipinski definition) is 0. The van der Waals surface area contributed by atoms with Crippen molar-refractivity contribution in [3.8, 4) is 0 Å². The number of carbonyl (C=O) groups excluding carboxylic acids is 1. The van der Waals surface area contributed by atoms with Crippen LogP contribution >= 0.6 is 0 Å². The maximum Gasteiger partial charge on any atom is 0.139 e. The summed E-state index contributed by atoms with van der Waals surface area (Å²) in [5.41, 5.74) is 2.54. The molecule has 0 saturated heterocycles. The zero-order valence-electron chi connectivity index (χ0n) is 17.3. The molecular weight excluding hydrogens is 324 g/mol. The summed E-state index contributed by atoms with van der Waals surface area (Å²) in [5.74, 6) is 4.19. The van der Waals surface area contributed by atoms with Gasteiger partial charge in [-0.3, -0.25) is 4.79 Å². The van der Waals surface area contributed by atoms with E-state index in [-0.39, 0.29) is 17.6 Å². The summed E-state index contributed by atoms with van der Waals surface area (Å²) in [7, 11) is 0. The maximum atomic E-state index is 12.8. The van der Waals surface area contributed by atoms with E-state index in [0.29, 0.717) is 12.8 Å². The predicted molar refractivity (Wildman–Crippen MR) is 106 cm³/mol. The highest BCUT2D eigenvalue weighted by molar-refractivity contribution is 5.83. The monoisotopic (exact) mass is 358 g/mol. The second kappa shape index (κ2) is 9.25. The number of Topliss-reactive ketones (excluding diaryl/α,β-unsaturated/α-hetero) is 1. The minimum atomic E-state index is -0.0446. The molecular formula is C23H34O3. The summed E-state index contributed by atoms with van der Waals surface area (Å²) in [4.78, 5) is 12.8. The summed E-state index contributed by atoms with van der Waals surface area (Å²) < 4.78 is 11.9. The lowest BCUT2D eigenvalue weighted by atomic mass is 9.89. The number of carbonyl (C=O) groups is 1. The predicted octanol–water partition coefficient (Wildman–Crippen LogP) is 5.75. The molecule has 2 aromatic heterocycles. The summed E-state index contributed by atoms with van der Waals surface area (Å²) in [6.45, 7) is 12.5. The van der Waals surface area contributed by atoms with Gasteiger partial charge in [-0.15, -0.1) is 0 Å². The third-order valence-corrected chi connectivity index (χ3v) is 5.29. The molecule has 2 heterocycles. The quantitative estimate of drug-likeness (QED) is 0.543. The zero-order valence-corrected chi connectivity index (χ0v) is 17.3. The van der Waals surface area contributed by atoms with Crippen LogP contribution in [0.5, 0.6) is 0 Å². The van der Waals surface area contributed by atoms with E-state index in [1.165, 1.54) is 11.1 Å². The fourth-order valence-corrected chi connectivity index (χ4v) is 3.74. The summed E-state index contributed by atoms with van der Waals surface area (Å²) in [5, 5.41) is 0. The van der Waals surface area contributed by atoms with Crippen LogP contribution < -0.4 is 0 Å². The van der Waals surface area contributed by atoms with Gasteiger partial charge in [0.05, 0.1) is 0 Å². The smallest absolute Gasteiger partial charge is 0.139 e. The Kier molecular flexibility index (Phi) is 7.31. The van der Waals surface area contributed by atoms with Gasteiger partial charge in [-0.1, -0.05) is 41.5 Å². The number of aryl methyl sites for hydroxylation is 4. The van der Waals surface area contributed by atoms with Crippen LogP contribution in [0.1, 0.15) is 75.7 Å². The van der Waals surface area contributed by atoms with E-state index in [4.69, 9.17) is 8.83 Å². The fourth-order valence-electron chi connectivity index (χ4n) is 3.74. The molecule has 144 valence electrons. The lowest BCUT2D eigenvalue weighted by molar-refractivity contribution is -0.126. The Balaban J connectivity index is 2.00. The standard InChI is InChI=1S/C23H34O3/c1-7-17-13-19(25-21(17)9-3)11-15(5)23(24)16(6)12-20-14-18(8-2)22(10-4)26-20/h13-16H,7-12H2,1-6H3. The van der Waals surface area contributed by atoms with E-state index in [0.717, 1.165) is 48.7 Å². The average Bonchev–Trinajstić information content (AvgIpc) is 3.23. The number of ketones is 1. The molecule has 0 aliphatic heterocycles. The van der Waals surface area contributed by atoms with Crippen molar-refractivity contribution in [2.75, 3.05) is 0 Å². The van der Waals surface area contributed by atoms with Gasteiger partial charge in [0.2, 0.25) is 0 Å². The van der Waals surface area contributed by atoms with Gasteiger partial charge in [0.1, 0.15) is 28.8 Å². The highest BCUT2D eigenvalue weighted by Gasteiger charge is 2.24. The van der Waals surface area contributed by atoms with Crippen LogP contribution in [0.4, 0.5) is 0 Å². The second-order valence-electron chi connectivity index (χ2n) is 7.35. The molecule has 0 bridgehead atoms. The Labute approximate surface area is 158 Å². The molecule has 0 N–H and O–H groups in total. The average molecular weight is 359 g/mol. The minimum Gasteiger partial charge on any atom is -0.466 e. The molecule has 0 aliphatic rings. The summed E-state index contributed by atoms with van der Waals surface area (Å²) in [6.07, 6.45) is 5.11. The Morgan fingerprint density at radius 3 is 1.42 bits per heavy atom. The first-order valence-electron chi connectivity index (χ1n) is 10.2. The van der Waals surface area contributed by atoms with E-state index in [9.17, 15) is 4.79 Å². The highest BCUT2D eigenvalue weighted by atomic mass is 16.3. The largest absolute Gasteiger partial charge is 0.466 e. The van der Waals surface area contributed by atoms with Crippen molar-refractivity contribution < 1.29 is 13.6 Å². The Morgan fingerprint density at radius 2 is 1.15 bits per heavy atom. The van der Waals surface area contributed by atoms with Crippen molar-refractivity contribution in [2.24, 2.45) is 11.8 Å². The molecule has 2 aromatic rings. The van der Waals surface area contributed by atoms with Gasteiger partial charge in [0.15, 0.2) is 0 Å². The van der Waals surface area contributed by atoms with Gasteiger partial charge in [0.25, 0.3) is 0 Å². The summed E-state index contributed by atoms with van der Waals surface area (Å²) >= 11 is 0. The van der Waals surface area contributed by atoms with Crippen molar-refractivity contribution in [3.05, 3.63) is 46.3 Å². The normalized spacial score (nSPS) is 13.8. The summed E-state index contributed by atoms with van der Waals surface area (Å²) in [6, 6.07) is 4.25. The van der Waals surface area contributed by atoms with E-state index in [1.807, 2.05) is 13.8 Å². The van der Waals surface area contributed by atoms with Gasteiger partial charge in [-0.05, 0) is 36.1 Å². The van der Waals surface area contributed by atoms with Gasteiger partial charge in [-0.25, -0.2) is 0 Å². The Morgan fingerprint density at radius 1 is 0.769 bits per heavy atom. The van der Waals surface area contributed by atoms with E-state index < -0.39 is 0 Å². The lowest BCUT2D eigenvalue weighted by Gasteiger charge is -2.14. The van der Waals surface area contributed by atoms with Crippen molar-refractivity contribution in [1.82, 2.24) is 0 Å². The number of furan rings is 2. The molecule has 0 amide bonds. The molecule has 26 heavy (non-hydrogen) atoms. The first-order chi connectivity index (χ1) is 12.4. The SMILES string of the molecule is CCc1cc(CC(C)C(=O)C(C)Cc2cc(CC)c(CC)o2)oc1CC. The molecule has 2 rings (SSSR count). The van der Waals surface area contributed by atoms with Gasteiger partial charge in [-0.2, -0.15) is 0 Å². The van der Waals surface area contributed by atoms with Crippen LogP contribution in [0, 0.1) is 11.8 Å². The van der Waals surface area contributed by atoms with Gasteiger partial charge >= 0.3 is 0 Å². The molecule has 0 fully saturated rings. The van der Waals surface area contributed by atoms with Crippen LogP contribution in [0.25, 0.3) is 0 Å². The molecule has 3 nitrogen and oxygen atoms in total. The van der Waals surface area contributed by atoms with E-state index in [2.05, 4.69) is 39.8 Å². The molecule has 0 aliphatic carbocycles. The lowest BCUT2D eigenvalue weighted by Crippen LogP contribution is -2.22. The van der Waals surface area contributed by atoms with E-state index >= 15 is 0 Å². The Bertz CT molecular complexity index is 617. The van der Waals surface area contributed by atoms with Crippen LogP contribution in [-0.4, -0.2) is 5.78 Å². The fraction of sp³-hybridized carbons (Fsp3) is 0.609. The van der Waals surface area contributed by atoms with Crippen molar-refractivity contribution in [1.29, 1.82) is 0 Å². The number of rotatable bonds is 10. The van der Waals surface area contributed by atoms with Crippen molar-refractivity contribution in [3.63, 3.8) is 0 Å². The maximum absolute atomic E-state index is 12.8. The topological polar surface area (TPSA) is 43.4 Å². The Hall–Kier alpha value is -1.77. The van der Waals surface area contributed by atoms with Crippen LogP contribution in [0.3, 0.4) is 0 Å². The van der Waals surface area contributed by atoms with Crippen molar-refractivity contribution in [2.45, 2.75) is 80.1 Å². The van der Waals surface area contributed by atoms with E-state index in [1.54, 1.807) is 0 Å². The molecule has 0 radical (unpaired) electrons. The minimum absolute atomic E-state index is 0.0446. The zero-order chi connectivity index (χ0) is 19.3. The third-order valence-electron chi connectivity index (χ3n) is 5.29. The molecule has 2 atom stereocenters. The van der Waals surface area contributed by atoms with Crippen LogP contribution in [0.2, 0.25) is 0 Å². The van der Waals surface area contributed by atoms with Crippen molar-refractivity contribution >= 4 is 5.78 Å². The van der Waals surface area contributed by atoms with Crippen LogP contribution in [0.15, 0.2) is 21.0 Å². The molecule has 3 heteroatoms. The first kappa shape index (κ1) is 20.5.